The van der Waals surface area contributed by atoms with Crippen LogP contribution in [-0.4, -0.2) is 101 Å². The Morgan fingerprint density at radius 3 is 2.71 bits per heavy atom. The largest absolute Gasteiger partial charge is 0.387 e. The molecule has 0 bridgehead atoms. The van der Waals surface area contributed by atoms with Gasteiger partial charge in [-0.25, -0.2) is 4.90 Å². The van der Waals surface area contributed by atoms with Crippen LogP contribution in [0.4, 0.5) is 11.4 Å². The van der Waals surface area contributed by atoms with Gasteiger partial charge in [0.1, 0.15) is 30.7 Å². The van der Waals surface area contributed by atoms with Gasteiger partial charge in [-0.3, -0.25) is 10.3 Å². The molecule has 6 aliphatic rings. The van der Waals surface area contributed by atoms with Crippen LogP contribution in [0.25, 0.3) is 0 Å². The number of ether oxygens (including phenoxy) is 1. The van der Waals surface area contributed by atoms with Gasteiger partial charge in [0, 0.05) is 12.6 Å². The van der Waals surface area contributed by atoms with Crippen molar-refractivity contribution in [1.82, 2.24) is 20.4 Å². The van der Waals surface area contributed by atoms with E-state index >= 15 is 0 Å². The summed E-state index contributed by atoms with van der Waals surface area (Å²) in [6.07, 6.45) is 6.54. The van der Waals surface area contributed by atoms with Crippen molar-refractivity contribution in [2.45, 2.75) is 119 Å². The number of anilines is 2. The summed E-state index contributed by atoms with van der Waals surface area (Å²) in [5.41, 5.74) is 10.0. The maximum atomic E-state index is 11.1. The molecular weight excluding hydrogens is 532 g/mol. The number of fused-ring (bicyclic) bond motifs is 2. The Kier molecular flexibility index (Phi) is 7.65. The van der Waals surface area contributed by atoms with Crippen molar-refractivity contribution in [1.29, 1.82) is 0 Å². The number of benzene rings is 1. The van der Waals surface area contributed by atoms with Crippen LogP contribution in [0.2, 0.25) is 0 Å². The van der Waals surface area contributed by atoms with Crippen molar-refractivity contribution in [3.05, 3.63) is 23.8 Å². The minimum atomic E-state index is -1.01. The first-order valence-electron chi connectivity index (χ1n) is 16.2. The molecule has 5 unspecified atom stereocenters. The fourth-order valence-electron chi connectivity index (χ4n) is 8.11. The normalized spacial score (nSPS) is 41.5. The average Bonchev–Trinajstić information content (AvgIpc) is 3.53. The molecule has 0 radical (unpaired) electrons. The van der Waals surface area contributed by atoms with Gasteiger partial charge >= 0.3 is 0 Å². The number of aliphatic hydroxyl groups is 2. The van der Waals surface area contributed by atoms with E-state index in [9.17, 15) is 10.2 Å². The van der Waals surface area contributed by atoms with Gasteiger partial charge < -0.3 is 41.5 Å². The van der Waals surface area contributed by atoms with Gasteiger partial charge in [-0.1, -0.05) is 26.3 Å². The van der Waals surface area contributed by atoms with Crippen LogP contribution >= 0.6 is 0 Å². The molecule has 2 saturated carbocycles. The van der Waals surface area contributed by atoms with Gasteiger partial charge in [0.15, 0.2) is 0 Å². The first kappa shape index (κ1) is 28.8. The highest BCUT2D eigenvalue weighted by atomic mass is 16.6. The minimum absolute atomic E-state index is 0.250. The lowest BCUT2D eigenvalue weighted by Crippen LogP contribution is -2.71. The lowest BCUT2D eigenvalue weighted by atomic mass is 9.76. The van der Waals surface area contributed by atoms with Gasteiger partial charge in [0.2, 0.25) is 0 Å². The van der Waals surface area contributed by atoms with Crippen LogP contribution in [0, 0.1) is 11.8 Å². The number of hydrogen-bond acceptors (Lipinski definition) is 11. The topological polar surface area (TPSA) is 143 Å². The first-order chi connectivity index (χ1) is 20.3. The number of likely N-dealkylation sites (N-methyl/N-ethyl adjacent to an activating group) is 1. The van der Waals surface area contributed by atoms with E-state index in [2.05, 4.69) is 65.3 Å². The van der Waals surface area contributed by atoms with Crippen LogP contribution in [0.1, 0.15) is 70.3 Å². The number of nitrogens with two attached hydrogens (primary N) is 1. The van der Waals surface area contributed by atoms with Crippen molar-refractivity contribution in [2.24, 2.45) is 22.6 Å². The number of hydrogen-bond donors (Lipinski definition) is 7. The van der Waals surface area contributed by atoms with Gasteiger partial charge in [-0.2, -0.15) is 0 Å². The molecule has 232 valence electrons. The van der Waals surface area contributed by atoms with E-state index < -0.39 is 30.1 Å². The zero-order valence-electron chi connectivity index (χ0n) is 25.2. The SMILES string of the molecule is CCC(C)C12NCN([C@@H]3O[C@H](CN(C)C4CC(CCC5Nc6ccc(C7CC7)cc6N5)C4)[C@@H](O)[C@H]3O)C1N=CNC2N. The number of nitrogens with one attached hydrogen (secondary N) is 4. The van der Waals surface area contributed by atoms with Gasteiger partial charge in [0.05, 0.1) is 42.3 Å². The van der Waals surface area contributed by atoms with Crippen molar-refractivity contribution in [3.63, 3.8) is 0 Å². The second-order valence-corrected chi connectivity index (χ2v) is 13.9. The maximum Gasteiger partial charge on any atom is 0.142 e. The Morgan fingerprint density at radius 2 is 1.95 bits per heavy atom. The summed E-state index contributed by atoms with van der Waals surface area (Å²) in [5, 5.41) is 36.3. The molecule has 4 fully saturated rings. The third-order valence-electron chi connectivity index (χ3n) is 11.3. The van der Waals surface area contributed by atoms with Gasteiger partial charge in [0.25, 0.3) is 0 Å². The fourth-order valence-corrected chi connectivity index (χ4v) is 8.11. The van der Waals surface area contributed by atoms with Crippen LogP contribution in [0.15, 0.2) is 23.2 Å². The van der Waals surface area contributed by atoms with Crippen molar-refractivity contribution in [2.75, 3.05) is 30.9 Å². The molecule has 4 heterocycles. The summed E-state index contributed by atoms with van der Waals surface area (Å²) in [5.74, 6) is 1.74. The van der Waals surface area contributed by atoms with E-state index in [1.807, 2.05) is 4.90 Å². The van der Waals surface area contributed by atoms with Crippen LogP contribution in [0.3, 0.4) is 0 Å². The van der Waals surface area contributed by atoms with E-state index in [0.29, 0.717) is 31.3 Å². The zero-order chi connectivity index (χ0) is 29.2. The van der Waals surface area contributed by atoms with Crippen molar-refractivity contribution >= 4 is 17.7 Å². The van der Waals surface area contributed by atoms with E-state index in [0.717, 1.165) is 31.6 Å². The predicted octanol–water partition coefficient (Wildman–Crippen LogP) is 1.55. The third-order valence-corrected chi connectivity index (χ3v) is 11.3. The molecule has 2 saturated heterocycles. The molecule has 42 heavy (non-hydrogen) atoms. The quantitative estimate of drug-likeness (QED) is 0.217. The van der Waals surface area contributed by atoms with E-state index in [-0.39, 0.29) is 18.2 Å². The first-order valence-corrected chi connectivity index (χ1v) is 16.2. The Hall–Kier alpha value is -1.99. The van der Waals surface area contributed by atoms with Gasteiger partial charge in [-0.05, 0) is 81.0 Å². The molecule has 1 aromatic carbocycles. The summed E-state index contributed by atoms with van der Waals surface area (Å²) in [7, 11) is 2.12. The molecule has 2 aliphatic carbocycles. The number of nitrogens with zero attached hydrogens (tertiary/aromatic N) is 3. The summed E-state index contributed by atoms with van der Waals surface area (Å²) in [6.45, 7) is 5.41. The average molecular weight is 583 g/mol. The summed E-state index contributed by atoms with van der Waals surface area (Å²) < 4.78 is 6.39. The van der Waals surface area contributed by atoms with E-state index in [4.69, 9.17) is 15.5 Å². The summed E-state index contributed by atoms with van der Waals surface area (Å²) >= 11 is 0. The second kappa shape index (κ2) is 11.2. The molecule has 0 amide bonds. The fraction of sp³-hybridized carbons (Fsp3) is 0.774. The lowest BCUT2D eigenvalue weighted by molar-refractivity contribution is -0.107. The Morgan fingerprint density at radius 1 is 1.17 bits per heavy atom. The smallest absolute Gasteiger partial charge is 0.142 e. The highest BCUT2D eigenvalue weighted by Gasteiger charge is 2.60. The Labute approximate surface area is 249 Å². The minimum Gasteiger partial charge on any atom is -0.387 e. The zero-order valence-corrected chi connectivity index (χ0v) is 25.2. The Balaban J connectivity index is 0.887. The molecular formula is C31H50N8O3. The standard InChI is InChI=1S/C31H50N8O3/c1-4-17(2)31-29(32)33-15-34-30(31)39(16-35-31)28-27(41)26(40)24(42-28)14-38(3)21-11-18(12-21)5-10-25-36-22-9-8-20(19-6-7-19)13-23(22)37-25/h8-9,13,15,17-19,21,24-30,35-37,40-41H,4-7,10-12,14,16,32H2,1-3H3,(H,33,34)/t17?,18?,21?,24-,25?,26-,27-,28-,29?,30?,31?/m1/s1. The predicted molar refractivity (Wildman–Crippen MR) is 164 cm³/mol. The van der Waals surface area contributed by atoms with Crippen LogP contribution in [0.5, 0.6) is 0 Å². The van der Waals surface area contributed by atoms with E-state index in [1.54, 1.807) is 6.34 Å². The molecule has 0 aromatic heterocycles. The summed E-state index contributed by atoms with van der Waals surface area (Å²) in [6, 6.07) is 7.34. The second-order valence-electron chi connectivity index (χ2n) is 13.9. The van der Waals surface area contributed by atoms with Crippen LogP contribution in [-0.2, 0) is 4.74 Å². The number of aliphatic hydroxyl groups excluding tert-OH is 2. The van der Waals surface area contributed by atoms with Gasteiger partial charge in [-0.15, -0.1) is 0 Å². The number of rotatable bonds is 10. The summed E-state index contributed by atoms with van der Waals surface area (Å²) in [4.78, 5) is 9.08. The molecule has 9 atom stereocenters. The maximum absolute atomic E-state index is 11.1. The lowest BCUT2D eigenvalue weighted by Gasteiger charge is -2.46. The Bertz CT molecular complexity index is 1160. The molecule has 0 spiro atoms. The van der Waals surface area contributed by atoms with Crippen molar-refractivity contribution in [3.8, 4) is 0 Å². The molecule has 11 heteroatoms. The van der Waals surface area contributed by atoms with Crippen molar-refractivity contribution < 1.29 is 14.9 Å². The third kappa shape index (κ3) is 4.91. The van der Waals surface area contributed by atoms with Crippen LogP contribution < -0.4 is 27.0 Å². The highest BCUT2D eigenvalue weighted by molar-refractivity contribution is 5.75. The molecule has 7 rings (SSSR count). The molecule has 11 nitrogen and oxygen atoms in total. The highest BCUT2D eigenvalue weighted by Crippen LogP contribution is 2.44. The monoisotopic (exact) mass is 582 g/mol. The molecule has 1 aromatic rings. The molecule has 4 aliphatic heterocycles. The van der Waals surface area contributed by atoms with E-state index in [1.165, 1.54) is 36.2 Å². The molecule has 8 N–H and O–H groups in total. The number of aliphatic imine (C=N–C) groups is 1.